The SMILES string of the molecule is CC1CCCCN1c1nc2ccccc2nc1Cl. The standard InChI is InChI=1S/C14H16ClN3/c1-10-6-4-5-9-18(10)14-13(15)16-11-7-2-3-8-12(11)17-14/h2-3,7-8,10H,4-6,9H2,1H3. The highest BCUT2D eigenvalue weighted by Gasteiger charge is 2.22. The highest BCUT2D eigenvalue weighted by Crippen LogP contribution is 2.29. The molecule has 0 bridgehead atoms. The maximum Gasteiger partial charge on any atom is 0.172 e. The summed E-state index contributed by atoms with van der Waals surface area (Å²) in [5.41, 5.74) is 1.77. The van der Waals surface area contributed by atoms with E-state index in [1.165, 1.54) is 19.3 Å². The molecule has 18 heavy (non-hydrogen) atoms. The van der Waals surface area contributed by atoms with Gasteiger partial charge in [-0.05, 0) is 38.3 Å². The van der Waals surface area contributed by atoms with Gasteiger partial charge in [0.1, 0.15) is 0 Å². The average Bonchev–Trinajstić information content (AvgIpc) is 2.39. The molecule has 2 heterocycles. The molecule has 0 N–H and O–H groups in total. The molecule has 0 saturated carbocycles. The Labute approximate surface area is 112 Å². The van der Waals surface area contributed by atoms with Gasteiger partial charge in [-0.15, -0.1) is 0 Å². The Morgan fingerprint density at radius 3 is 2.61 bits per heavy atom. The predicted molar refractivity (Wildman–Crippen MR) is 75.2 cm³/mol. The molecule has 1 unspecified atom stereocenters. The van der Waals surface area contributed by atoms with Crippen LogP contribution >= 0.6 is 11.6 Å². The van der Waals surface area contributed by atoms with Gasteiger partial charge in [0, 0.05) is 12.6 Å². The molecule has 1 aliphatic heterocycles. The smallest absolute Gasteiger partial charge is 0.172 e. The molecular weight excluding hydrogens is 246 g/mol. The van der Waals surface area contributed by atoms with Crippen molar-refractivity contribution >= 4 is 28.5 Å². The van der Waals surface area contributed by atoms with Crippen molar-refractivity contribution in [3.05, 3.63) is 29.4 Å². The van der Waals surface area contributed by atoms with Crippen molar-refractivity contribution in [1.29, 1.82) is 0 Å². The number of para-hydroxylation sites is 2. The van der Waals surface area contributed by atoms with Crippen LogP contribution in [0.5, 0.6) is 0 Å². The van der Waals surface area contributed by atoms with Crippen molar-refractivity contribution in [3.63, 3.8) is 0 Å². The van der Waals surface area contributed by atoms with E-state index in [1.54, 1.807) is 0 Å². The second-order valence-electron chi connectivity index (χ2n) is 4.86. The van der Waals surface area contributed by atoms with E-state index in [9.17, 15) is 0 Å². The topological polar surface area (TPSA) is 29.0 Å². The van der Waals surface area contributed by atoms with E-state index in [0.717, 1.165) is 23.4 Å². The highest BCUT2D eigenvalue weighted by atomic mass is 35.5. The van der Waals surface area contributed by atoms with E-state index >= 15 is 0 Å². The molecule has 1 aliphatic rings. The van der Waals surface area contributed by atoms with Crippen LogP contribution in [-0.4, -0.2) is 22.6 Å². The number of piperidine rings is 1. The fourth-order valence-corrected chi connectivity index (χ4v) is 2.81. The second-order valence-corrected chi connectivity index (χ2v) is 5.22. The first-order valence-electron chi connectivity index (χ1n) is 6.44. The van der Waals surface area contributed by atoms with Gasteiger partial charge in [-0.1, -0.05) is 23.7 Å². The molecule has 3 nitrogen and oxygen atoms in total. The first-order chi connectivity index (χ1) is 8.75. The molecular formula is C14H16ClN3. The van der Waals surface area contributed by atoms with Crippen molar-refractivity contribution in [2.24, 2.45) is 0 Å². The maximum atomic E-state index is 6.29. The second kappa shape index (κ2) is 4.73. The van der Waals surface area contributed by atoms with Crippen LogP contribution in [0.4, 0.5) is 5.82 Å². The predicted octanol–water partition coefficient (Wildman–Crippen LogP) is 3.66. The summed E-state index contributed by atoms with van der Waals surface area (Å²) in [6, 6.07) is 8.35. The number of anilines is 1. The molecule has 0 spiro atoms. The van der Waals surface area contributed by atoms with Gasteiger partial charge < -0.3 is 4.90 Å². The summed E-state index contributed by atoms with van der Waals surface area (Å²) >= 11 is 6.29. The molecule has 1 atom stereocenters. The fraction of sp³-hybridized carbons (Fsp3) is 0.429. The zero-order chi connectivity index (χ0) is 12.5. The Morgan fingerprint density at radius 1 is 1.17 bits per heavy atom. The van der Waals surface area contributed by atoms with E-state index in [1.807, 2.05) is 24.3 Å². The van der Waals surface area contributed by atoms with Gasteiger partial charge in [-0.3, -0.25) is 0 Å². The van der Waals surface area contributed by atoms with Crippen molar-refractivity contribution in [3.8, 4) is 0 Å². The average molecular weight is 262 g/mol. The molecule has 3 rings (SSSR count). The molecule has 2 aromatic rings. The number of hydrogen-bond donors (Lipinski definition) is 0. The minimum atomic E-state index is 0.492. The van der Waals surface area contributed by atoms with Crippen LogP contribution in [0.25, 0.3) is 11.0 Å². The summed E-state index contributed by atoms with van der Waals surface area (Å²) in [5.74, 6) is 0.836. The third kappa shape index (κ3) is 2.03. The normalized spacial score (nSPS) is 20.3. The van der Waals surface area contributed by atoms with Gasteiger partial charge in [0.15, 0.2) is 11.0 Å². The van der Waals surface area contributed by atoms with Crippen LogP contribution < -0.4 is 4.90 Å². The van der Waals surface area contributed by atoms with Gasteiger partial charge >= 0.3 is 0 Å². The van der Waals surface area contributed by atoms with Crippen LogP contribution in [0, 0.1) is 0 Å². The van der Waals surface area contributed by atoms with Crippen LogP contribution in [0.1, 0.15) is 26.2 Å². The van der Waals surface area contributed by atoms with Gasteiger partial charge in [-0.25, -0.2) is 9.97 Å². The zero-order valence-corrected chi connectivity index (χ0v) is 11.2. The highest BCUT2D eigenvalue weighted by molar-refractivity contribution is 6.32. The number of nitrogens with zero attached hydrogens (tertiary/aromatic N) is 3. The Hall–Kier alpha value is -1.35. The van der Waals surface area contributed by atoms with Gasteiger partial charge in [-0.2, -0.15) is 0 Å². The van der Waals surface area contributed by atoms with Crippen LogP contribution in [0.15, 0.2) is 24.3 Å². The minimum Gasteiger partial charge on any atom is -0.351 e. The summed E-state index contributed by atoms with van der Waals surface area (Å²) in [5, 5.41) is 0.516. The van der Waals surface area contributed by atoms with Crippen molar-refractivity contribution in [2.45, 2.75) is 32.2 Å². The van der Waals surface area contributed by atoms with E-state index in [-0.39, 0.29) is 0 Å². The van der Waals surface area contributed by atoms with Crippen LogP contribution in [-0.2, 0) is 0 Å². The first-order valence-corrected chi connectivity index (χ1v) is 6.82. The van der Waals surface area contributed by atoms with Gasteiger partial charge in [0.05, 0.1) is 11.0 Å². The van der Waals surface area contributed by atoms with Gasteiger partial charge in [0.2, 0.25) is 0 Å². The largest absolute Gasteiger partial charge is 0.351 e. The molecule has 0 radical (unpaired) electrons. The summed E-state index contributed by atoms with van der Waals surface area (Å²) in [6.07, 6.45) is 3.69. The van der Waals surface area contributed by atoms with E-state index in [4.69, 9.17) is 11.6 Å². The van der Waals surface area contributed by atoms with Crippen LogP contribution in [0.2, 0.25) is 5.15 Å². The summed E-state index contributed by atoms with van der Waals surface area (Å²) < 4.78 is 0. The third-order valence-electron chi connectivity index (χ3n) is 3.59. The number of hydrogen-bond acceptors (Lipinski definition) is 3. The number of fused-ring (bicyclic) bond motifs is 1. The van der Waals surface area contributed by atoms with Crippen molar-refractivity contribution < 1.29 is 0 Å². The Morgan fingerprint density at radius 2 is 1.89 bits per heavy atom. The lowest BCUT2D eigenvalue weighted by molar-refractivity contribution is 0.481. The Kier molecular flexibility index (Phi) is 3.08. The van der Waals surface area contributed by atoms with Gasteiger partial charge in [0.25, 0.3) is 0 Å². The number of aromatic nitrogens is 2. The summed E-state index contributed by atoms with van der Waals surface area (Å²) in [4.78, 5) is 11.4. The number of halogens is 1. The molecule has 4 heteroatoms. The molecule has 0 aliphatic carbocycles. The lowest BCUT2D eigenvalue weighted by Gasteiger charge is -2.34. The lowest BCUT2D eigenvalue weighted by Crippen LogP contribution is -2.38. The molecule has 1 aromatic heterocycles. The van der Waals surface area contributed by atoms with E-state index in [2.05, 4.69) is 21.8 Å². The maximum absolute atomic E-state index is 6.29. The zero-order valence-electron chi connectivity index (χ0n) is 10.4. The first kappa shape index (κ1) is 11.7. The molecule has 0 amide bonds. The fourth-order valence-electron chi connectivity index (χ4n) is 2.56. The Balaban J connectivity index is 2.07. The van der Waals surface area contributed by atoms with E-state index < -0.39 is 0 Å². The van der Waals surface area contributed by atoms with Crippen molar-refractivity contribution in [2.75, 3.05) is 11.4 Å². The van der Waals surface area contributed by atoms with Crippen LogP contribution in [0.3, 0.4) is 0 Å². The van der Waals surface area contributed by atoms with Crippen molar-refractivity contribution in [1.82, 2.24) is 9.97 Å². The molecule has 1 saturated heterocycles. The number of rotatable bonds is 1. The minimum absolute atomic E-state index is 0.492. The number of benzene rings is 1. The molecule has 94 valence electrons. The van der Waals surface area contributed by atoms with E-state index in [0.29, 0.717) is 11.2 Å². The molecule has 1 aromatic carbocycles. The summed E-state index contributed by atoms with van der Waals surface area (Å²) in [7, 11) is 0. The third-order valence-corrected chi connectivity index (χ3v) is 3.84. The molecule has 1 fully saturated rings. The summed E-state index contributed by atoms with van der Waals surface area (Å²) in [6.45, 7) is 3.25. The lowest BCUT2D eigenvalue weighted by atomic mass is 10.0. The quantitative estimate of drug-likeness (QED) is 0.784. The Bertz CT molecular complexity index is 570. The monoisotopic (exact) mass is 261 g/mol.